The lowest BCUT2D eigenvalue weighted by Crippen LogP contribution is -2.27. The number of aryl methyl sites for hydroxylation is 1. The minimum absolute atomic E-state index is 0.278. The van der Waals surface area contributed by atoms with E-state index in [4.69, 9.17) is 34.0 Å². The number of carbonyl (C=O) groups is 1. The monoisotopic (exact) mass is 829 g/mol. The number of likely N-dealkylation sites (tertiary alicyclic amines) is 1. The second-order valence-electron chi connectivity index (χ2n) is 15.8. The molecular weight excluding hydrogens is 775 g/mol. The average molecular weight is 830 g/mol. The summed E-state index contributed by atoms with van der Waals surface area (Å²) in [6.45, 7) is 17.6. The molecule has 0 atom stereocenters. The van der Waals surface area contributed by atoms with Gasteiger partial charge in [-0.3, -0.25) is 9.47 Å². The van der Waals surface area contributed by atoms with E-state index in [0.717, 1.165) is 86.9 Å². The third-order valence-electron chi connectivity index (χ3n) is 10.3. The lowest BCUT2D eigenvalue weighted by Gasteiger charge is -2.28. The summed E-state index contributed by atoms with van der Waals surface area (Å²) in [5, 5.41) is 10.2. The predicted octanol–water partition coefficient (Wildman–Crippen LogP) is 8.55. The number of nitrogens with zero attached hydrogens (tertiary/aromatic N) is 7. The first kappa shape index (κ1) is 41.0. The van der Waals surface area contributed by atoms with Crippen LogP contribution in [0.5, 0.6) is 11.5 Å². The number of rotatable bonds is 18. The number of para-hydroxylation sites is 1. The molecule has 0 spiro atoms. The van der Waals surface area contributed by atoms with Gasteiger partial charge in [-0.1, -0.05) is 43.1 Å². The van der Waals surface area contributed by atoms with Crippen LogP contribution in [0.1, 0.15) is 59.1 Å². The molecule has 0 N–H and O–H groups in total. The van der Waals surface area contributed by atoms with Crippen LogP contribution < -0.4 is 19.2 Å². The Balaban J connectivity index is 1.04. The zero-order valence-electron chi connectivity index (χ0n) is 33.9. The molecule has 5 aromatic rings. The summed E-state index contributed by atoms with van der Waals surface area (Å²) < 4.78 is 26.9. The molecule has 12 nitrogen and oxygen atoms in total. The van der Waals surface area contributed by atoms with E-state index in [-0.39, 0.29) is 6.61 Å². The molecule has 0 unspecified atom stereocenters. The fraction of sp³-hybridized carbons (Fsp3) is 0.500. The second kappa shape index (κ2) is 19.1. The number of carbonyl (C=O) groups excluding carboxylic acids is 1. The number of hydrogen-bond acceptors (Lipinski definition) is 13. The van der Waals surface area contributed by atoms with E-state index in [2.05, 4.69) is 64.2 Å². The van der Waals surface area contributed by atoms with Crippen molar-refractivity contribution in [1.82, 2.24) is 24.6 Å². The molecule has 5 heterocycles. The molecule has 1 saturated heterocycles. The smallest absolute Gasteiger partial charge is 0.358 e. The van der Waals surface area contributed by atoms with Crippen molar-refractivity contribution in [3.05, 3.63) is 75.0 Å². The third kappa shape index (κ3) is 10.5. The Hall–Kier alpha value is -4.15. The normalized spacial score (nSPS) is 15.0. The maximum absolute atomic E-state index is 13.1. The lowest BCUT2D eigenvalue weighted by atomic mass is 10.0. The molecule has 15 heteroatoms. The van der Waals surface area contributed by atoms with Crippen molar-refractivity contribution in [2.24, 2.45) is 4.99 Å². The first-order chi connectivity index (χ1) is 27.7. The molecule has 57 heavy (non-hydrogen) atoms. The van der Waals surface area contributed by atoms with Gasteiger partial charge in [0.05, 0.1) is 23.4 Å². The van der Waals surface area contributed by atoms with Gasteiger partial charge in [0.15, 0.2) is 27.3 Å². The number of ether oxygens (including phenoxy) is 4. The van der Waals surface area contributed by atoms with E-state index in [1.165, 1.54) is 37.3 Å². The Morgan fingerprint density at radius 3 is 2.42 bits per heavy atom. The summed E-state index contributed by atoms with van der Waals surface area (Å²) in [6.07, 6.45) is 5.67. The summed E-state index contributed by atoms with van der Waals surface area (Å²) >= 11 is 3.14. The Bertz CT molecular complexity index is 2190. The van der Waals surface area contributed by atoms with Crippen molar-refractivity contribution in [2.45, 2.75) is 84.8 Å². The third-order valence-corrected chi connectivity index (χ3v) is 14.2. The van der Waals surface area contributed by atoms with Crippen molar-refractivity contribution >= 4 is 63.7 Å². The van der Waals surface area contributed by atoms with Gasteiger partial charge in [-0.05, 0) is 108 Å². The maximum Gasteiger partial charge on any atom is 0.358 e. The largest absolute Gasteiger partial charge is 0.494 e. The van der Waals surface area contributed by atoms with Crippen molar-refractivity contribution in [3.63, 3.8) is 0 Å². The second-order valence-corrected chi connectivity index (χ2v) is 23.4. The van der Waals surface area contributed by atoms with E-state index >= 15 is 0 Å². The highest BCUT2D eigenvalue weighted by Gasteiger charge is 2.29. The van der Waals surface area contributed by atoms with Crippen LogP contribution >= 0.6 is 22.7 Å². The Morgan fingerprint density at radius 2 is 1.67 bits per heavy atom. The standard InChI is InChI=1S/C42H55N7O5S2Si/c1-6-52-40(50)37-36(16-12-25-53-31-17-19-32(20-18-31)54-26-24-47-21-9-10-22-47)56-41(43-37)48-23-11-13-33-30(2)38(45-46-39(33)48)44-42-49(29-51-27-28-57(3,4)5)34-14-7-8-15-35(34)55-42/h7-8,14-15,17-20H,6,9-13,16,21-29H2,1-5H3. The minimum Gasteiger partial charge on any atom is -0.494 e. The van der Waals surface area contributed by atoms with Crippen molar-refractivity contribution in [1.29, 1.82) is 0 Å². The number of hydrogen-bond donors (Lipinski definition) is 0. The van der Waals surface area contributed by atoms with E-state index < -0.39 is 14.0 Å². The molecule has 2 aliphatic rings. The molecule has 2 aromatic carbocycles. The van der Waals surface area contributed by atoms with Gasteiger partial charge < -0.3 is 23.8 Å². The van der Waals surface area contributed by atoms with Gasteiger partial charge in [0.1, 0.15) is 24.8 Å². The van der Waals surface area contributed by atoms with Crippen molar-refractivity contribution in [3.8, 4) is 11.5 Å². The van der Waals surface area contributed by atoms with E-state index in [1.54, 1.807) is 11.3 Å². The van der Waals surface area contributed by atoms with Gasteiger partial charge in [0.25, 0.3) is 0 Å². The molecule has 2 aliphatic heterocycles. The van der Waals surface area contributed by atoms with Gasteiger partial charge in [-0.15, -0.1) is 21.5 Å². The highest BCUT2D eigenvalue weighted by atomic mass is 32.1. The molecule has 0 radical (unpaired) electrons. The number of esters is 1. The summed E-state index contributed by atoms with van der Waals surface area (Å²) in [5.41, 5.74) is 3.54. The SMILES string of the molecule is CCOC(=O)c1nc(N2CCCc3c2nnc(N=c2sc4ccccc4n2COCC[Si](C)(C)C)c3C)sc1CCCOc1ccc(OCCN2CCCC2)cc1. The van der Waals surface area contributed by atoms with Crippen molar-refractivity contribution < 1.29 is 23.7 Å². The van der Waals surface area contributed by atoms with Crippen LogP contribution in [0.25, 0.3) is 10.2 Å². The molecule has 0 aliphatic carbocycles. The molecule has 0 saturated carbocycles. The minimum atomic E-state index is -1.21. The Kier molecular flexibility index (Phi) is 13.7. The fourth-order valence-corrected chi connectivity index (χ4v) is 9.95. The first-order valence-corrected chi connectivity index (χ1v) is 25.6. The molecule has 1 fully saturated rings. The molecular formula is C42H55N7O5S2Si. The van der Waals surface area contributed by atoms with Gasteiger partial charge in [0.2, 0.25) is 0 Å². The van der Waals surface area contributed by atoms with Crippen LogP contribution in [-0.2, 0) is 29.0 Å². The maximum atomic E-state index is 13.1. The molecule has 0 amide bonds. The van der Waals surface area contributed by atoms with Crippen LogP contribution in [-0.4, -0.2) is 91.3 Å². The van der Waals surface area contributed by atoms with Crippen LogP contribution in [0.15, 0.2) is 53.5 Å². The number of anilines is 2. The Morgan fingerprint density at radius 1 is 0.912 bits per heavy atom. The summed E-state index contributed by atoms with van der Waals surface area (Å²) in [6, 6.07) is 17.2. The highest BCUT2D eigenvalue weighted by molar-refractivity contribution is 7.16. The van der Waals surface area contributed by atoms with Crippen LogP contribution in [0.3, 0.4) is 0 Å². The topological polar surface area (TPSA) is 116 Å². The molecule has 0 bridgehead atoms. The van der Waals surface area contributed by atoms with Gasteiger partial charge in [0, 0.05) is 43.8 Å². The fourth-order valence-electron chi connectivity index (χ4n) is 7.05. The number of benzene rings is 2. The molecule has 304 valence electrons. The van der Waals surface area contributed by atoms with Gasteiger partial charge >= 0.3 is 5.97 Å². The van der Waals surface area contributed by atoms with Crippen LogP contribution in [0.4, 0.5) is 16.8 Å². The van der Waals surface area contributed by atoms with E-state index in [1.807, 2.05) is 37.3 Å². The first-order valence-electron chi connectivity index (χ1n) is 20.3. The Labute approximate surface area is 344 Å². The summed E-state index contributed by atoms with van der Waals surface area (Å²) in [5.74, 6) is 2.59. The average Bonchev–Trinajstić information content (AvgIpc) is 3.96. The molecule has 7 rings (SSSR count). The predicted molar refractivity (Wildman–Crippen MR) is 231 cm³/mol. The summed E-state index contributed by atoms with van der Waals surface area (Å²) in [7, 11) is -1.21. The number of fused-ring (bicyclic) bond motifs is 2. The van der Waals surface area contributed by atoms with Crippen LogP contribution in [0, 0.1) is 6.92 Å². The number of thiazole rings is 2. The van der Waals surface area contributed by atoms with Crippen molar-refractivity contribution in [2.75, 3.05) is 57.5 Å². The lowest BCUT2D eigenvalue weighted by molar-refractivity contribution is 0.0519. The summed E-state index contributed by atoms with van der Waals surface area (Å²) in [4.78, 5) is 29.3. The van der Waals surface area contributed by atoms with E-state index in [9.17, 15) is 4.79 Å². The molecule has 3 aromatic heterocycles. The van der Waals surface area contributed by atoms with Gasteiger partial charge in [-0.2, -0.15) is 4.99 Å². The zero-order chi connectivity index (χ0) is 39.8. The zero-order valence-corrected chi connectivity index (χ0v) is 36.6. The highest BCUT2D eigenvalue weighted by Crippen LogP contribution is 2.39. The van der Waals surface area contributed by atoms with Crippen LogP contribution in [0.2, 0.25) is 25.7 Å². The number of aromatic nitrogens is 4. The van der Waals surface area contributed by atoms with Gasteiger partial charge in [-0.25, -0.2) is 9.78 Å². The van der Waals surface area contributed by atoms with E-state index in [0.29, 0.717) is 49.4 Å². The quantitative estimate of drug-likeness (QED) is 0.0484.